The highest BCUT2D eigenvalue weighted by atomic mass is 32.1. The van der Waals surface area contributed by atoms with Crippen molar-refractivity contribution >= 4 is 28.2 Å². The molecule has 0 aliphatic carbocycles. The topological polar surface area (TPSA) is 55.4 Å². The average molecular weight is 436 g/mol. The molecule has 1 heterocycles. The molecule has 0 atom stereocenters. The highest BCUT2D eigenvalue weighted by molar-refractivity contribution is 7.15. The summed E-state index contributed by atoms with van der Waals surface area (Å²) in [6.45, 7) is 9.98. The molecular weight excluding hydrogens is 406 g/mol. The molecule has 5 heteroatoms. The summed E-state index contributed by atoms with van der Waals surface area (Å²) < 4.78 is 5.32. The van der Waals surface area contributed by atoms with Crippen molar-refractivity contribution in [1.82, 2.24) is 0 Å². The Morgan fingerprint density at radius 1 is 1.03 bits per heavy atom. The van der Waals surface area contributed by atoms with Crippen molar-refractivity contribution in [2.24, 2.45) is 5.41 Å². The fourth-order valence-electron chi connectivity index (χ4n) is 3.44. The van der Waals surface area contributed by atoms with E-state index in [1.54, 1.807) is 6.92 Å². The first-order chi connectivity index (χ1) is 14.7. The standard InChI is InChI=1S/C26H29NO3S/c1-6-30-24(28)22-21(20-13-12-17(2)18(3)14-20)16-31-23(22)27-25(29)26(4,5)15-19-10-8-7-9-11-19/h7-14,16H,6,15H2,1-5H3,(H,27,29). The first-order valence-corrected chi connectivity index (χ1v) is 11.3. The zero-order valence-electron chi connectivity index (χ0n) is 18.7. The van der Waals surface area contributed by atoms with Crippen LogP contribution in [0.1, 0.15) is 47.8 Å². The summed E-state index contributed by atoms with van der Waals surface area (Å²) in [6.07, 6.45) is 0.601. The van der Waals surface area contributed by atoms with E-state index in [1.165, 1.54) is 16.9 Å². The summed E-state index contributed by atoms with van der Waals surface area (Å²) in [5.74, 6) is -0.552. The molecule has 0 saturated heterocycles. The van der Waals surface area contributed by atoms with Crippen LogP contribution in [0, 0.1) is 19.3 Å². The van der Waals surface area contributed by atoms with Crippen LogP contribution in [0.3, 0.4) is 0 Å². The molecule has 3 rings (SSSR count). The Hall–Kier alpha value is -2.92. The van der Waals surface area contributed by atoms with Crippen molar-refractivity contribution in [2.75, 3.05) is 11.9 Å². The van der Waals surface area contributed by atoms with Crippen LogP contribution in [0.2, 0.25) is 0 Å². The number of nitrogens with one attached hydrogen (secondary N) is 1. The van der Waals surface area contributed by atoms with E-state index in [2.05, 4.69) is 18.3 Å². The summed E-state index contributed by atoms with van der Waals surface area (Å²) in [5.41, 5.74) is 4.92. The molecule has 1 N–H and O–H groups in total. The number of benzene rings is 2. The van der Waals surface area contributed by atoms with Crippen molar-refractivity contribution in [1.29, 1.82) is 0 Å². The Balaban J connectivity index is 1.93. The normalized spacial score (nSPS) is 11.3. The van der Waals surface area contributed by atoms with E-state index in [0.29, 0.717) is 17.0 Å². The molecule has 1 amide bonds. The molecule has 31 heavy (non-hydrogen) atoms. The van der Waals surface area contributed by atoms with Gasteiger partial charge in [-0.25, -0.2) is 4.79 Å². The molecule has 0 unspecified atom stereocenters. The number of esters is 1. The molecular formula is C26H29NO3S. The minimum Gasteiger partial charge on any atom is -0.462 e. The number of ether oxygens (including phenoxy) is 1. The molecule has 0 radical (unpaired) electrons. The quantitative estimate of drug-likeness (QED) is 0.436. The highest BCUT2D eigenvalue weighted by Gasteiger charge is 2.31. The van der Waals surface area contributed by atoms with Crippen LogP contribution >= 0.6 is 11.3 Å². The van der Waals surface area contributed by atoms with Crippen LogP contribution in [0.5, 0.6) is 0 Å². The van der Waals surface area contributed by atoms with Gasteiger partial charge < -0.3 is 10.1 Å². The van der Waals surface area contributed by atoms with Gasteiger partial charge in [0.25, 0.3) is 0 Å². The second-order valence-corrected chi connectivity index (χ2v) is 9.25. The number of carbonyl (C=O) groups excluding carboxylic acids is 2. The van der Waals surface area contributed by atoms with E-state index in [0.717, 1.165) is 22.3 Å². The third kappa shape index (κ3) is 5.23. The molecule has 0 aliphatic heterocycles. The lowest BCUT2D eigenvalue weighted by Crippen LogP contribution is -2.33. The maximum atomic E-state index is 13.2. The van der Waals surface area contributed by atoms with Crippen LogP contribution < -0.4 is 5.32 Å². The molecule has 2 aromatic carbocycles. The smallest absolute Gasteiger partial charge is 0.341 e. The van der Waals surface area contributed by atoms with Gasteiger partial charge in [-0.2, -0.15) is 0 Å². The van der Waals surface area contributed by atoms with Gasteiger partial charge in [0.05, 0.1) is 6.61 Å². The van der Waals surface area contributed by atoms with Crippen LogP contribution in [0.4, 0.5) is 5.00 Å². The molecule has 0 spiro atoms. The summed E-state index contributed by atoms with van der Waals surface area (Å²) in [5, 5.41) is 5.44. The molecule has 0 saturated carbocycles. The predicted molar refractivity (Wildman–Crippen MR) is 128 cm³/mol. The van der Waals surface area contributed by atoms with Gasteiger partial charge in [-0.05, 0) is 49.4 Å². The number of hydrogen-bond acceptors (Lipinski definition) is 4. The summed E-state index contributed by atoms with van der Waals surface area (Å²) >= 11 is 1.35. The van der Waals surface area contributed by atoms with Crippen molar-refractivity contribution in [2.45, 2.75) is 41.0 Å². The Morgan fingerprint density at radius 3 is 2.39 bits per heavy atom. The number of thiophene rings is 1. The van der Waals surface area contributed by atoms with Gasteiger partial charge in [0.1, 0.15) is 10.6 Å². The first-order valence-electron chi connectivity index (χ1n) is 10.4. The van der Waals surface area contributed by atoms with Gasteiger partial charge in [0, 0.05) is 16.4 Å². The van der Waals surface area contributed by atoms with Crippen LogP contribution in [0.15, 0.2) is 53.9 Å². The number of amides is 1. The van der Waals surface area contributed by atoms with Crippen LogP contribution in [-0.2, 0) is 16.0 Å². The van der Waals surface area contributed by atoms with E-state index in [-0.39, 0.29) is 12.5 Å². The summed E-state index contributed by atoms with van der Waals surface area (Å²) in [7, 11) is 0. The number of aryl methyl sites for hydroxylation is 2. The Morgan fingerprint density at radius 2 is 1.74 bits per heavy atom. The number of carbonyl (C=O) groups is 2. The second-order valence-electron chi connectivity index (χ2n) is 8.37. The van der Waals surface area contributed by atoms with Gasteiger partial charge in [-0.1, -0.05) is 62.4 Å². The SMILES string of the molecule is CCOC(=O)c1c(-c2ccc(C)c(C)c2)csc1NC(=O)C(C)(C)Cc1ccccc1. The zero-order chi connectivity index (χ0) is 22.6. The molecule has 0 aliphatic rings. The monoisotopic (exact) mass is 435 g/mol. The zero-order valence-corrected chi connectivity index (χ0v) is 19.6. The maximum Gasteiger partial charge on any atom is 0.341 e. The lowest BCUT2D eigenvalue weighted by atomic mass is 9.85. The number of hydrogen-bond donors (Lipinski definition) is 1. The summed E-state index contributed by atoms with van der Waals surface area (Å²) in [4.78, 5) is 26.0. The molecule has 1 aromatic heterocycles. The van der Waals surface area contributed by atoms with E-state index in [9.17, 15) is 9.59 Å². The Bertz CT molecular complexity index is 1080. The van der Waals surface area contributed by atoms with Crippen LogP contribution in [-0.4, -0.2) is 18.5 Å². The molecule has 0 bridgehead atoms. The van der Waals surface area contributed by atoms with Crippen molar-refractivity contribution in [3.05, 3.63) is 76.2 Å². The van der Waals surface area contributed by atoms with Gasteiger partial charge >= 0.3 is 5.97 Å². The third-order valence-electron chi connectivity index (χ3n) is 5.42. The highest BCUT2D eigenvalue weighted by Crippen LogP contribution is 2.38. The van der Waals surface area contributed by atoms with E-state index in [1.807, 2.05) is 68.6 Å². The van der Waals surface area contributed by atoms with Crippen molar-refractivity contribution in [3.8, 4) is 11.1 Å². The van der Waals surface area contributed by atoms with Gasteiger partial charge in [0.15, 0.2) is 0 Å². The van der Waals surface area contributed by atoms with Crippen molar-refractivity contribution in [3.63, 3.8) is 0 Å². The molecule has 0 fully saturated rings. The average Bonchev–Trinajstić information content (AvgIpc) is 3.14. The predicted octanol–water partition coefficient (Wildman–Crippen LogP) is 6.42. The second kappa shape index (κ2) is 9.48. The lowest BCUT2D eigenvalue weighted by Gasteiger charge is -2.23. The fourth-order valence-corrected chi connectivity index (χ4v) is 4.39. The molecule has 4 nitrogen and oxygen atoms in total. The maximum absolute atomic E-state index is 13.2. The minimum atomic E-state index is -0.641. The van der Waals surface area contributed by atoms with E-state index >= 15 is 0 Å². The third-order valence-corrected chi connectivity index (χ3v) is 6.31. The van der Waals surface area contributed by atoms with Crippen LogP contribution in [0.25, 0.3) is 11.1 Å². The molecule has 3 aromatic rings. The first kappa shape index (κ1) is 22.8. The van der Waals surface area contributed by atoms with Crippen molar-refractivity contribution < 1.29 is 14.3 Å². The number of rotatable bonds is 7. The largest absolute Gasteiger partial charge is 0.462 e. The minimum absolute atomic E-state index is 0.129. The fraction of sp³-hybridized carbons (Fsp3) is 0.308. The van der Waals surface area contributed by atoms with Gasteiger partial charge in [-0.15, -0.1) is 11.3 Å². The Labute approximate surface area is 188 Å². The number of anilines is 1. The molecule has 162 valence electrons. The Kier molecular flexibility index (Phi) is 6.96. The van der Waals surface area contributed by atoms with E-state index < -0.39 is 11.4 Å². The van der Waals surface area contributed by atoms with Gasteiger partial charge in [0.2, 0.25) is 5.91 Å². The van der Waals surface area contributed by atoms with E-state index in [4.69, 9.17) is 4.74 Å². The lowest BCUT2D eigenvalue weighted by molar-refractivity contribution is -0.123. The van der Waals surface area contributed by atoms with Gasteiger partial charge in [-0.3, -0.25) is 4.79 Å². The summed E-state index contributed by atoms with van der Waals surface area (Å²) in [6, 6.07) is 16.0.